The number of amides is 2. The lowest BCUT2D eigenvalue weighted by molar-refractivity contribution is -0.117. The van der Waals surface area contributed by atoms with Crippen LogP contribution >= 0.6 is 24.0 Å². The molecule has 0 radical (unpaired) electrons. The topological polar surface area (TPSA) is 127 Å². The Labute approximate surface area is 211 Å². The number of hydrogen-bond acceptors (Lipinski definition) is 5. The van der Waals surface area contributed by atoms with Crippen molar-refractivity contribution in [2.24, 2.45) is 10.7 Å². The summed E-state index contributed by atoms with van der Waals surface area (Å²) < 4.78 is 10.9. The van der Waals surface area contributed by atoms with Gasteiger partial charge < -0.3 is 31.2 Å². The standard InChI is InChI=1S/C23H31N5O4.HI/c1-16-4-7-19(20(12-16)32-11-10-31-3)14-28-23(25-2)27-13-17-5-8-18(9-6-17)22(30)26-15-21(24)29;/h4-9,12H,10-11,13-15H2,1-3H3,(H2,24,29)(H,26,30)(H2,25,27,28);1H. The number of halogens is 1. The fraction of sp³-hybridized carbons (Fsp3) is 0.348. The van der Waals surface area contributed by atoms with Gasteiger partial charge in [0, 0.05) is 38.4 Å². The van der Waals surface area contributed by atoms with Gasteiger partial charge in [-0.15, -0.1) is 24.0 Å². The van der Waals surface area contributed by atoms with Crippen LogP contribution in [0, 0.1) is 6.92 Å². The molecule has 0 saturated heterocycles. The van der Waals surface area contributed by atoms with Gasteiger partial charge in [0.2, 0.25) is 5.91 Å². The van der Waals surface area contributed by atoms with Gasteiger partial charge in [0.1, 0.15) is 12.4 Å². The highest BCUT2D eigenvalue weighted by atomic mass is 127. The SMILES string of the molecule is CN=C(NCc1ccc(C(=O)NCC(N)=O)cc1)NCc1ccc(C)cc1OCCOC.I. The van der Waals surface area contributed by atoms with E-state index >= 15 is 0 Å². The Bertz CT molecular complexity index is 935. The highest BCUT2D eigenvalue weighted by Crippen LogP contribution is 2.20. The molecule has 0 atom stereocenters. The fourth-order valence-corrected chi connectivity index (χ4v) is 2.81. The summed E-state index contributed by atoms with van der Waals surface area (Å²) in [7, 11) is 3.34. The summed E-state index contributed by atoms with van der Waals surface area (Å²) in [6.45, 7) is 3.90. The second-order valence-electron chi connectivity index (χ2n) is 7.08. The molecule has 0 unspecified atom stereocenters. The predicted molar refractivity (Wildman–Crippen MR) is 139 cm³/mol. The van der Waals surface area contributed by atoms with Crippen LogP contribution in [0.2, 0.25) is 0 Å². The van der Waals surface area contributed by atoms with E-state index in [1.54, 1.807) is 26.3 Å². The van der Waals surface area contributed by atoms with E-state index in [1.807, 2.05) is 37.3 Å². The molecule has 0 aliphatic heterocycles. The molecule has 2 amide bonds. The molecular formula is C23H32IN5O4. The van der Waals surface area contributed by atoms with Crippen molar-refractivity contribution in [1.29, 1.82) is 0 Å². The molecule has 9 nitrogen and oxygen atoms in total. The molecule has 180 valence electrons. The van der Waals surface area contributed by atoms with E-state index in [1.165, 1.54) is 0 Å². The third-order valence-corrected chi connectivity index (χ3v) is 4.54. The second-order valence-corrected chi connectivity index (χ2v) is 7.08. The van der Waals surface area contributed by atoms with Gasteiger partial charge in [-0.1, -0.05) is 24.3 Å². The van der Waals surface area contributed by atoms with E-state index in [0.717, 1.165) is 22.4 Å². The number of nitrogens with two attached hydrogens (primary N) is 1. The van der Waals surface area contributed by atoms with Crippen LogP contribution in [0.15, 0.2) is 47.5 Å². The van der Waals surface area contributed by atoms with Gasteiger partial charge in [0.25, 0.3) is 5.91 Å². The summed E-state index contributed by atoms with van der Waals surface area (Å²) >= 11 is 0. The van der Waals surface area contributed by atoms with Crippen LogP contribution in [0.25, 0.3) is 0 Å². The fourth-order valence-electron chi connectivity index (χ4n) is 2.81. The normalized spacial score (nSPS) is 10.7. The largest absolute Gasteiger partial charge is 0.491 e. The number of hydrogen-bond donors (Lipinski definition) is 4. The van der Waals surface area contributed by atoms with Crippen molar-refractivity contribution in [3.05, 3.63) is 64.7 Å². The second kappa shape index (κ2) is 15.1. The van der Waals surface area contributed by atoms with Gasteiger partial charge in [0.05, 0.1) is 13.2 Å². The molecule has 2 rings (SSSR count). The van der Waals surface area contributed by atoms with E-state index in [-0.39, 0.29) is 36.4 Å². The average molecular weight is 569 g/mol. The molecule has 5 N–H and O–H groups in total. The average Bonchev–Trinajstić information content (AvgIpc) is 2.79. The van der Waals surface area contributed by atoms with Gasteiger partial charge in [-0.2, -0.15) is 0 Å². The molecule has 0 aliphatic rings. The van der Waals surface area contributed by atoms with Crippen LogP contribution < -0.4 is 26.4 Å². The zero-order valence-electron chi connectivity index (χ0n) is 19.1. The number of guanidine groups is 1. The van der Waals surface area contributed by atoms with Crippen LogP contribution in [0.4, 0.5) is 0 Å². The van der Waals surface area contributed by atoms with E-state index in [9.17, 15) is 9.59 Å². The first-order chi connectivity index (χ1) is 15.4. The Morgan fingerprint density at radius 3 is 2.33 bits per heavy atom. The number of nitrogens with zero attached hydrogens (tertiary/aromatic N) is 1. The summed E-state index contributed by atoms with van der Waals surface area (Å²) in [5, 5.41) is 8.99. The van der Waals surface area contributed by atoms with Crippen molar-refractivity contribution in [2.75, 3.05) is 33.9 Å². The third-order valence-electron chi connectivity index (χ3n) is 4.54. The summed E-state index contributed by atoms with van der Waals surface area (Å²) in [6.07, 6.45) is 0. The Hall–Kier alpha value is -2.86. The minimum Gasteiger partial charge on any atom is -0.491 e. The zero-order chi connectivity index (χ0) is 23.3. The summed E-state index contributed by atoms with van der Waals surface area (Å²) in [4.78, 5) is 27.0. The molecule has 0 aliphatic carbocycles. The van der Waals surface area contributed by atoms with Crippen LogP contribution in [-0.2, 0) is 22.6 Å². The Morgan fingerprint density at radius 1 is 1.00 bits per heavy atom. The van der Waals surface area contributed by atoms with Crippen molar-refractivity contribution in [2.45, 2.75) is 20.0 Å². The van der Waals surface area contributed by atoms with Gasteiger partial charge in [-0.05, 0) is 36.2 Å². The van der Waals surface area contributed by atoms with Gasteiger partial charge in [0.15, 0.2) is 5.96 Å². The number of ether oxygens (including phenoxy) is 2. The molecular weight excluding hydrogens is 537 g/mol. The monoisotopic (exact) mass is 569 g/mol. The number of benzene rings is 2. The lowest BCUT2D eigenvalue weighted by atomic mass is 10.1. The first-order valence-electron chi connectivity index (χ1n) is 10.2. The summed E-state index contributed by atoms with van der Waals surface area (Å²) in [6, 6.07) is 13.1. The number of carbonyl (C=O) groups excluding carboxylic acids is 2. The van der Waals surface area contributed by atoms with Crippen molar-refractivity contribution in [1.82, 2.24) is 16.0 Å². The highest BCUT2D eigenvalue weighted by molar-refractivity contribution is 14.0. The number of aryl methyl sites for hydroxylation is 1. The smallest absolute Gasteiger partial charge is 0.251 e. The van der Waals surface area contributed by atoms with E-state index in [4.69, 9.17) is 15.2 Å². The van der Waals surface area contributed by atoms with Crippen molar-refractivity contribution in [3.8, 4) is 5.75 Å². The molecule has 0 saturated carbocycles. The lowest BCUT2D eigenvalue weighted by Gasteiger charge is -2.15. The van der Waals surface area contributed by atoms with E-state index in [0.29, 0.717) is 37.8 Å². The molecule has 2 aromatic rings. The summed E-state index contributed by atoms with van der Waals surface area (Å²) in [5.74, 6) is 0.520. The minimum atomic E-state index is -0.586. The first kappa shape index (κ1) is 28.2. The lowest BCUT2D eigenvalue weighted by Crippen LogP contribution is -2.36. The summed E-state index contributed by atoms with van der Waals surface area (Å²) in [5.41, 5.74) is 8.60. The molecule has 2 aromatic carbocycles. The number of nitrogens with one attached hydrogen (secondary N) is 3. The third kappa shape index (κ3) is 10.1. The Morgan fingerprint density at radius 2 is 1.70 bits per heavy atom. The van der Waals surface area contributed by atoms with Gasteiger partial charge in [-0.25, -0.2) is 0 Å². The van der Waals surface area contributed by atoms with E-state index < -0.39 is 5.91 Å². The van der Waals surface area contributed by atoms with Crippen LogP contribution in [0.1, 0.15) is 27.0 Å². The number of aliphatic imine (C=N–C) groups is 1. The molecule has 0 heterocycles. The number of rotatable bonds is 11. The van der Waals surface area contributed by atoms with Gasteiger partial charge in [-0.3, -0.25) is 14.6 Å². The quantitative estimate of drug-likeness (QED) is 0.141. The van der Waals surface area contributed by atoms with Crippen molar-refractivity contribution < 1.29 is 19.1 Å². The zero-order valence-corrected chi connectivity index (χ0v) is 21.5. The highest BCUT2D eigenvalue weighted by Gasteiger charge is 2.08. The Balaban J connectivity index is 0.00000544. The predicted octanol–water partition coefficient (Wildman–Crippen LogP) is 1.72. The van der Waals surface area contributed by atoms with Crippen LogP contribution in [-0.4, -0.2) is 51.7 Å². The van der Waals surface area contributed by atoms with Crippen molar-refractivity contribution in [3.63, 3.8) is 0 Å². The maximum Gasteiger partial charge on any atom is 0.251 e. The first-order valence-corrected chi connectivity index (χ1v) is 10.2. The molecule has 10 heteroatoms. The maximum absolute atomic E-state index is 11.9. The molecule has 0 fully saturated rings. The van der Waals surface area contributed by atoms with Crippen LogP contribution in [0.3, 0.4) is 0 Å². The van der Waals surface area contributed by atoms with Crippen LogP contribution in [0.5, 0.6) is 5.75 Å². The molecule has 0 bridgehead atoms. The maximum atomic E-state index is 11.9. The van der Waals surface area contributed by atoms with Crippen molar-refractivity contribution >= 4 is 41.8 Å². The van der Waals surface area contributed by atoms with Gasteiger partial charge >= 0.3 is 0 Å². The van der Waals surface area contributed by atoms with E-state index in [2.05, 4.69) is 20.9 Å². The Kier molecular flexibility index (Phi) is 12.9. The number of primary amides is 1. The number of methoxy groups -OCH3 is 1. The molecule has 0 spiro atoms. The number of carbonyl (C=O) groups is 2. The molecule has 0 aromatic heterocycles. The minimum absolute atomic E-state index is 0. The molecule has 33 heavy (non-hydrogen) atoms.